The summed E-state index contributed by atoms with van der Waals surface area (Å²) < 4.78 is 5.80. The number of amides is 1. The second-order valence-electron chi connectivity index (χ2n) is 5.79. The summed E-state index contributed by atoms with van der Waals surface area (Å²) in [5.74, 6) is 2.55. The standard InChI is InChI=1S/C20H25NO2S/c1-15-8-7-11-19(16(15)2)23-17(3)20(22)21-12-13-24-14-18-9-5-4-6-10-18/h4-11,17H,12-14H2,1-3H3,(H,21,22). The fourth-order valence-electron chi connectivity index (χ4n) is 2.25. The number of nitrogens with one attached hydrogen (secondary N) is 1. The van der Waals surface area contributed by atoms with Gasteiger partial charge in [-0.2, -0.15) is 11.8 Å². The summed E-state index contributed by atoms with van der Waals surface area (Å²) in [7, 11) is 0. The lowest BCUT2D eigenvalue weighted by atomic mass is 10.1. The van der Waals surface area contributed by atoms with Gasteiger partial charge in [0.25, 0.3) is 5.91 Å². The van der Waals surface area contributed by atoms with Crippen molar-refractivity contribution >= 4 is 17.7 Å². The number of carbonyl (C=O) groups excluding carboxylic acids is 1. The molecule has 0 bridgehead atoms. The van der Waals surface area contributed by atoms with Crippen LogP contribution in [-0.2, 0) is 10.5 Å². The predicted molar refractivity (Wildman–Crippen MR) is 102 cm³/mol. The molecule has 0 fully saturated rings. The van der Waals surface area contributed by atoms with E-state index in [0.29, 0.717) is 6.54 Å². The van der Waals surface area contributed by atoms with Gasteiger partial charge in [0.05, 0.1) is 0 Å². The molecule has 0 radical (unpaired) electrons. The Morgan fingerprint density at radius 2 is 1.88 bits per heavy atom. The minimum Gasteiger partial charge on any atom is -0.481 e. The number of ether oxygens (including phenoxy) is 1. The molecular formula is C20H25NO2S. The lowest BCUT2D eigenvalue weighted by molar-refractivity contribution is -0.127. The highest BCUT2D eigenvalue weighted by molar-refractivity contribution is 7.98. The highest BCUT2D eigenvalue weighted by Gasteiger charge is 2.15. The van der Waals surface area contributed by atoms with E-state index in [2.05, 4.69) is 17.4 Å². The molecule has 1 N–H and O–H groups in total. The van der Waals surface area contributed by atoms with E-state index in [9.17, 15) is 4.79 Å². The van der Waals surface area contributed by atoms with Gasteiger partial charge in [-0.25, -0.2) is 0 Å². The zero-order valence-electron chi connectivity index (χ0n) is 14.5. The van der Waals surface area contributed by atoms with E-state index in [1.165, 1.54) is 5.56 Å². The summed E-state index contributed by atoms with van der Waals surface area (Å²) in [6.07, 6.45) is -0.496. The van der Waals surface area contributed by atoms with Gasteiger partial charge < -0.3 is 10.1 Å². The molecule has 2 rings (SSSR count). The Balaban J connectivity index is 1.69. The SMILES string of the molecule is Cc1cccc(OC(C)C(=O)NCCSCc2ccccc2)c1C. The van der Waals surface area contributed by atoms with Gasteiger partial charge in [-0.1, -0.05) is 42.5 Å². The van der Waals surface area contributed by atoms with Crippen LogP contribution in [0.5, 0.6) is 5.75 Å². The summed E-state index contributed by atoms with van der Waals surface area (Å²) in [6, 6.07) is 16.2. The first kappa shape index (κ1) is 18.4. The van der Waals surface area contributed by atoms with Crippen molar-refractivity contribution in [2.24, 2.45) is 0 Å². The maximum Gasteiger partial charge on any atom is 0.260 e. The average molecular weight is 343 g/mol. The molecule has 1 atom stereocenters. The second-order valence-corrected chi connectivity index (χ2v) is 6.89. The van der Waals surface area contributed by atoms with Crippen LogP contribution in [-0.4, -0.2) is 24.3 Å². The van der Waals surface area contributed by atoms with Gasteiger partial charge >= 0.3 is 0 Å². The number of aryl methyl sites for hydroxylation is 1. The third-order valence-electron chi connectivity index (χ3n) is 3.89. The number of carbonyl (C=O) groups is 1. The van der Waals surface area contributed by atoms with Crippen LogP contribution < -0.4 is 10.1 Å². The van der Waals surface area contributed by atoms with Gasteiger partial charge in [-0.05, 0) is 43.5 Å². The molecule has 1 unspecified atom stereocenters. The molecule has 0 aliphatic rings. The number of hydrogen-bond donors (Lipinski definition) is 1. The largest absolute Gasteiger partial charge is 0.481 e. The Labute approximate surface area is 148 Å². The van der Waals surface area contributed by atoms with Gasteiger partial charge in [-0.15, -0.1) is 0 Å². The first-order chi connectivity index (χ1) is 11.6. The molecule has 2 aromatic carbocycles. The topological polar surface area (TPSA) is 38.3 Å². The Kier molecular flexibility index (Phi) is 7.19. The van der Waals surface area contributed by atoms with Crippen LogP contribution in [0.4, 0.5) is 0 Å². The maximum absolute atomic E-state index is 12.1. The molecule has 3 nitrogen and oxygen atoms in total. The van der Waals surface area contributed by atoms with Crippen LogP contribution in [0.2, 0.25) is 0 Å². The second kappa shape index (κ2) is 9.38. The van der Waals surface area contributed by atoms with Crippen LogP contribution in [0, 0.1) is 13.8 Å². The first-order valence-electron chi connectivity index (χ1n) is 8.20. The summed E-state index contributed by atoms with van der Waals surface area (Å²) in [5, 5.41) is 2.94. The van der Waals surface area contributed by atoms with Crippen LogP contribution in [0.25, 0.3) is 0 Å². The zero-order valence-corrected chi connectivity index (χ0v) is 15.4. The van der Waals surface area contributed by atoms with Crippen LogP contribution in [0.1, 0.15) is 23.6 Å². The van der Waals surface area contributed by atoms with Crippen molar-refractivity contribution in [1.82, 2.24) is 5.32 Å². The van der Waals surface area contributed by atoms with E-state index in [1.54, 1.807) is 6.92 Å². The fraction of sp³-hybridized carbons (Fsp3) is 0.350. The molecular weight excluding hydrogens is 318 g/mol. The Morgan fingerprint density at radius 3 is 2.62 bits per heavy atom. The third-order valence-corrected chi connectivity index (χ3v) is 4.92. The molecule has 24 heavy (non-hydrogen) atoms. The summed E-state index contributed by atoms with van der Waals surface area (Å²) in [4.78, 5) is 12.1. The number of rotatable bonds is 8. The lowest BCUT2D eigenvalue weighted by Crippen LogP contribution is -2.37. The van der Waals surface area contributed by atoms with E-state index in [1.807, 2.05) is 62.0 Å². The summed E-state index contributed by atoms with van der Waals surface area (Å²) in [5.41, 5.74) is 3.55. The van der Waals surface area contributed by atoms with Gasteiger partial charge in [0.1, 0.15) is 5.75 Å². The van der Waals surface area contributed by atoms with E-state index in [-0.39, 0.29) is 5.91 Å². The maximum atomic E-state index is 12.1. The van der Waals surface area contributed by atoms with Crippen molar-refractivity contribution in [1.29, 1.82) is 0 Å². The van der Waals surface area contributed by atoms with Gasteiger partial charge in [0.2, 0.25) is 0 Å². The lowest BCUT2D eigenvalue weighted by Gasteiger charge is -2.17. The molecule has 128 valence electrons. The predicted octanol–water partition coefficient (Wildman–Crippen LogP) is 4.12. The monoisotopic (exact) mass is 343 g/mol. The molecule has 0 aliphatic heterocycles. The van der Waals surface area contributed by atoms with Crippen LogP contribution in [0.15, 0.2) is 48.5 Å². The zero-order chi connectivity index (χ0) is 17.4. The number of thioether (sulfide) groups is 1. The molecule has 2 aromatic rings. The first-order valence-corrected chi connectivity index (χ1v) is 9.35. The van der Waals surface area contributed by atoms with Crippen molar-refractivity contribution in [2.75, 3.05) is 12.3 Å². The fourth-order valence-corrected chi connectivity index (χ4v) is 3.07. The summed E-state index contributed by atoms with van der Waals surface area (Å²) >= 11 is 1.81. The van der Waals surface area contributed by atoms with E-state index < -0.39 is 6.10 Å². The number of hydrogen-bond acceptors (Lipinski definition) is 3. The molecule has 0 aromatic heterocycles. The molecule has 0 spiro atoms. The summed E-state index contributed by atoms with van der Waals surface area (Å²) in [6.45, 7) is 6.48. The quantitative estimate of drug-likeness (QED) is 0.733. The Hall–Kier alpha value is -1.94. The van der Waals surface area contributed by atoms with E-state index in [4.69, 9.17) is 4.74 Å². The molecule has 0 saturated heterocycles. The van der Waals surface area contributed by atoms with Crippen molar-refractivity contribution in [2.45, 2.75) is 32.6 Å². The molecule has 0 saturated carbocycles. The third kappa shape index (κ3) is 5.60. The highest BCUT2D eigenvalue weighted by atomic mass is 32.2. The van der Waals surface area contributed by atoms with Gasteiger partial charge in [0.15, 0.2) is 6.10 Å². The molecule has 0 heterocycles. The van der Waals surface area contributed by atoms with Gasteiger partial charge in [0, 0.05) is 18.1 Å². The molecule has 1 amide bonds. The Morgan fingerprint density at radius 1 is 1.12 bits per heavy atom. The molecule has 4 heteroatoms. The van der Waals surface area contributed by atoms with Gasteiger partial charge in [-0.3, -0.25) is 4.79 Å². The Bertz CT molecular complexity index is 658. The van der Waals surface area contributed by atoms with Crippen molar-refractivity contribution in [3.05, 3.63) is 65.2 Å². The van der Waals surface area contributed by atoms with Crippen LogP contribution >= 0.6 is 11.8 Å². The minimum atomic E-state index is -0.496. The smallest absolute Gasteiger partial charge is 0.260 e. The molecule has 0 aliphatic carbocycles. The normalized spacial score (nSPS) is 11.8. The average Bonchev–Trinajstić information content (AvgIpc) is 2.59. The minimum absolute atomic E-state index is 0.0729. The number of benzene rings is 2. The van der Waals surface area contributed by atoms with Crippen LogP contribution in [0.3, 0.4) is 0 Å². The van der Waals surface area contributed by atoms with E-state index in [0.717, 1.165) is 28.4 Å². The highest BCUT2D eigenvalue weighted by Crippen LogP contribution is 2.21. The van der Waals surface area contributed by atoms with Crippen molar-refractivity contribution < 1.29 is 9.53 Å². The van der Waals surface area contributed by atoms with Crippen molar-refractivity contribution in [3.63, 3.8) is 0 Å². The van der Waals surface area contributed by atoms with E-state index >= 15 is 0 Å². The van der Waals surface area contributed by atoms with Crippen molar-refractivity contribution in [3.8, 4) is 5.75 Å².